The van der Waals surface area contributed by atoms with E-state index in [0.717, 1.165) is 37.7 Å². The van der Waals surface area contributed by atoms with Gasteiger partial charge in [0.25, 0.3) is 11.5 Å². The summed E-state index contributed by atoms with van der Waals surface area (Å²) < 4.78 is 1.52. The van der Waals surface area contributed by atoms with Crippen molar-refractivity contribution in [3.63, 3.8) is 0 Å². The highest BCUT2D eigenvalue weighted by atomic mass is 16.3. The number of hydrogen-bond donors (Lipinski definition) is 2. The maximum absolute atomic E-state index is 13.5. The molecule has 1 saturated carbocycles. The number of amides is 1. The number of benzene rings is 2. The van der Waals surface area contributed by atoms with Crippen molar-refractivity contribution >= 4 is 22.4 Å². The Morgan fingerprint density at radius 2 is 1.77 bits per heavy atom. The maximum Gasteiger partial charge on any atom is 0.258 e. The molecule has 1 aromatic heterocycles. The molecule has 2 aromatic carbocycles. The van der Waals surface area contributed by atoms with Gasteiger partial charge in [-0.3, -0.25) is 9.59 Å². The zero-order chi connectivity index (χ0) is 21.1. The van der Waals surface area contributed by atoms with Crippen molar-refractivity contribution in [3.8, 4) is 0 Å². The van der Waals surface area contributed by atoms with Gasteiger partial charge in [0.1, 0.15) is 5.60 Å². The molecule has 156 valence electrons. The van der Waals surface area contributed by atoms with Crippen LogP contribution in [0, 0.1) is 5.92 Å². The lowest BCUT2D eigenvalue weighted by Gasteiger charge is -2.37. The third kappa shape index (κ3) is 3.90. The average molecular weight is 405 g/mol. The molecule has 0 bridgehead atoms. The Morgan fingerprint density at radius 1 is 1.03 bits per heavy atom. The first kappa shape index (κ1) is 20.4. The Balaban J connectivity index is 1.69. The van der Waals surface area contributed by atoms with E-state index in [9.17, 15) is 14.7 Å². The molecule has 1 unspecified atom stereocenters. The van der Waals surface area contributed by atoms with E-state index in [0.29, 0.717) is 16.5 Å². The molecule has 1 atom stereocenters. The highest BCUT2D eigenvalue weighted by Gasteiger charge is 2.44. The van der Waals surface area contributed by atoms with Gasteiger partial charge in [0.05, 0.1) is 0 Å². The van der Waals surface area contributed by atoms with Gasteiger partial charge in [0.15, 0.2) is 0 Å². The SMILES string of the molecule is Cn1ccc2c(NC(=O)C(O)(Cc3ccccc3)C3CCCCC3)cccc2c1=O. The number of aryl methyl sites for hydroxylation is 1. The summed E-state index contributed by atoms with van der Waals surface area (Å²) in [6, 6.07) is 16.8. The first-order valence-electron chi connectivity index (χ1n) is 10.6. The molecule has 3 aromatic rings. The zero-order valence-corrected chi connectivity index (χ0v) is 17.3. The summed E-state index contributed by atoms with van der Waals surface area (Å²) in [7, 11) is 1.70. The van der Waals surface area contributed by atoms with Gasteiger partial charge in [0, 0.05) is 36.1 Å². The quantitative estimate of drug-likeness (QED) is 0.674. The predicted molar refractivity (Wildman–Crippen MR) is 119 cm³/mol. The monoisotopic (exact) mass is 404 g/mol. The van der Waals surface area contributed by atoms with Crippen LogP contribution in [-0.4, -0.2) is 21.2 Å². The number of rotatable bonds is 5. The second kappa shape index (κ2) is 8.44. The zero-order valence-electron chi connectivity index (χ0n) is 17.3. The predicted octanol–water partition coefficient (Wildman–Crippen LogP) is 4.03. The summed E-state index contributed by atoms with van der Waals surface area (Å²) in [6.07, 6.45) is 6.85. The fourth-order valence-electron chi connectivity index (χ4n) is 4.61. The van der Waals surface area contributed by atoms with Crippen LogP contribution < -0.4 is 10.9 Å². The molecule has 0 spiro atoms. The second-order valence-corrected chi connectivity index (χ2v) is 8.37. The number of nitrogens with one attached hydrogen (secondary N) is 1. The van der Waals surface area contributed by atoms with Crippen LogP contribution in [0.2, 0.25) is 0 Å². The van der Waals surface area contributed by atoms with Crippen LogP contribution in [0.4, 0.5) is 5.69 Å². The number of aromatic nitrogens is 1. The summed E-state index contributed by atoms with van der Waals surface area (Å²) in [6.45, 7) is 0. The van der Waals surface area contributed by atoms with Gasteiger partial charge in [-0.1, -0.05) is 55.7 Å². The van der Waals surface area contributed by atoms with Crippen molar-refractivity contribution in [3.05, 3.63) is 76.7 Å². The van der Waals surface area contributed by atoms with E-state index in [2.05, 4.69) is 5.32 Å². The number of anilines is 1. The molecule has 1 aliphatic carbocycles. The summed E-state index contributed by atoms with van der Waals surface area (Å²) in [4.78, 5) is 25.9. The molecule has 0 aliphatic heterocycles. The Kier molecular flexibility index (Phi) is 5.73. The minimum atomic E-state index is -1.50. The van der Waals surface area contributed by atoms with E-state index in [1.807, 2.05) is 36.4 Å². The molecule has 1 amide bonds. The van der Waals surface area contributed by atoms with Crippen molar-refractivity contribution in [2.24, 2.45) is 13.0 Å². The van der Waals surface area contributed by atoms with Gasteiger partial charge in [-0.15, -0.1) is 0 Å². The summed E-state index contributed by atoms with van der Waals surface area (Å²) in [5.41, 5.74) is -0.121. The number of aliphatic hydroxyl groups is 1. The number of fused-ring (bicyclic) bond motifs is 1. The minimum Gasteiger partial charge on any atom is -0.379 e. The van der Waals surface area contributed by atoms with Crippen molar-refractivity contribution in [2.75, 3.05) is 5.32 Å². The first-order valence-corrected chi connectivity index (χ1v) is 10.6. The molecule has 4 rings (SSSR count). The summed E-state index contributed by atoms with van der Waals surface area (Å²) in [5, 5.41) is 15.9. The van der Waals surface area contributed by atoms with Crippen LogP contribution in [0.15, 0.2) is 65.6 Å². The molecule has 1 aliphatic rings. The molecule has 5 nitrogen and oxygen atoms in total. The minimum absolute atomic E-state index is 0.0886. The van der Waals surface area contributed by atoms with E-state index >= 15 is 0 Å². The molecular weight excluding hydrogens is 376 g/mol. The van der Waals surface area contributed by atoms with Gasteiger partial charge < -0.3 is 15.0 Å². The molecule has 30 heavy (non-hydrogen) atoms. The van der Waals surface area contributed by atoms with E-state index in [-0.39, 0.29) is 17.9 Å². The number of nitrogens with zero attached hydrogens (tertiary/aromatic N) is 1. The normalized spacial score (nSPS) is 16.9. The lowest BCUT2D eigenvalue weighted by atomic mass is 9.73. The molecule has 5 heteroatoms. The summed E-state index contributed by atoms with van der Waals surface area (Å²) >= 11 is 0. The van der Waals surface area contributed by atoms with Crippen molar-refractivity contribution in [1.29, 1.82) is 0 Å². The Hall–Kier alpha value is -2.92. The van der Waals surface area contributed by atoms with Gasteiger partial charge in [-0.2, -0.15) is 0 Å². The lowest BCUT2D eigenvalue weighted by Crippen LogP contribution is -2.51. The van der Waals surface area contributed by atoms with Crippen molar-refractivity contribution < 1.29 is 9.90 Å². The van der Waals surface area contributed by atoms with Crippen LogP contribution in [0.5, 0.6) is 0 Å². The third-order valence-corrected chi connectivity index (χ3v) is 6.36. The van der Waals surface area contributed by atoms with E-state index in [1.165, 1.54) is 4.57 Å². The molecule has 0 radical (unpaired) electrons. The van der Waals surface area contributed by atoms with Crippen molar-refractivity contribution in [1.82, 2.24) is 4.57 Å². The van der Waals surface area contributed by atoms with Crippen LogP contribution in [-0.2, 0) is 18.3 Å². The standard InChI is InChI=1S/C25H28N2O3/c1-27-16-15-20-21(23(27)28)13-8-14-22(20)26-24(29)25(30,19-11-6-3-7-12-19)17-18-9-4-2-5-10-18/h2,4-5,8-10,13-16,19,30H,3,6-7,11-12,17H2,1H3,(H,26,29). The summed E-state index contributed by atoms with van der Waals surface area (Å²) in [5.74, 6) is -0.485. The molecular formula is C25H28N2O3. The highest BCUT2D eigenvalue weighted by Crippen LogP contribution is 2.36. The Bertz CT molecular complexity index is 1100. The largest absolute Gasteiger partial charge is 0.379 e. The van der Waals surface area contributed by atoms with E-state index in [1.54, 1.807) is 31.4 Å². The fourth-order valence-corrected chi connectivity index (χ4v) is 4.61. The molecule has 0 saturated heterocycles. The van der Waals surface area contributed by atoms with Gasteiger partial charge >= 0.3 is 0 Å². The number of hydrogen-bond acceptors (Lipinski definition) is 3. The Labute approximate surface area is 176 Å². The van der Waals surface area contributed by atoms with Crippen LogP contribution in [0.25, 0.3) is 10.8 Å². The van der Waals surface area contributed by atoms with Gasteiger partial charge in [0.2, 0.25) is 0 Å². The van der Waals surface area contributed by atoms with Crippen LogP contribution >= 0.6 is 0 Å². The smallest absolute Gasteiger partial charge is 0.258 e. The highest BCUT2D eigenvalue weighted by molar-refractivity contribution is 6.05. The maximum atomic E-state index is 13.5. The Morgan fingerprint density at radius 3 is 2.50 bits per heavy atom. The second-order valence-electron chi connectivity index (χ2n) is 8.37. The number of carbonyl (C=O) groups excluding carboxylic acids is 1. The first-order chi connectivity index (χ1) is 14.5. The molecule has 1 fully saturated rings. The lowest BCUT2D eigenvalue weighted by molar-refractivity contribution is -0.141. The number of pyridine rings is 1. The van der Waals surface area contributed by atoms with Crippen LogP contribution in [0.3, 0.4) is 0 Å². The fraction of sp³-hybridized carbons (Fsp3) is 0.360. The van der Waals surface area contributed by atoms with Crippen molar-refractivity contribution in [2.45, 2.75) is 44.1 Å². The van der Waals surface area contributed by atoms with Gasteiger partial charge in [-0.05, 0) is 42.5 Å². The van der Waals surface area contributed by atoms with E-state index in [4.69, 9.17) is 0 Å². The van der Waals surface area contributed by atoms with E-state index < -0.39 is 11.5 Å². The number of carbonyl (C=O) groups is 1. The third-order valence-electron chi connectivity index (χ3n) is 6.36. The topological polar surface area (TPSA) is 71.3 Å². The van der Waals surface area contributed by atoms with Gasteiger partial charge in [-0.25, -0.2) is 0 Å². The molecule has 1 heterocycles. The average Bonchev–Trinajstić information content (AvgIpc) is 2.78. The van der Waals surface area contributed by atoms with Crippen LogP contribution in [0.1, 0.15) is 37.7 Å². The molecule has 2 N–H and O–H groups in total.